The van der Waals surface area contributed by atoms with Crippen LogP contribution in [0.4, 0.5) is 0 Å². The van der Waals surface area contributed by atoms with Gasteiger partial charge in [0.2, 0.25) is 5.91 Å². The van der Waals surface area contributed by atoms with Gasteiger partial charge in [0.15, 0.2) is 0 Å². The average molecular weight is 155 g/mol. The van der Waals surface area contributed by atoms with Crippen LogP contribution in [0.25, 0.3) is 0 Å². The maximum absolute atomic E-state index is 11.2. The molecule has 1 saturated heterocycles. The molecule has 1 unspecified atom stereocenters. The summed E-state index contributed by atoms with van der Waals surface area (Å²) in [5, 5.41) is 0. The number of nitrogens with zero attached hydrogens (tertiary/aromatic N) is 1. The summed E-state index contributed by atoms with van der Waals surface area (Å²) in [6.07, 6.45) is 4.23. The molecule has 0 N–H and O–H groups in total. The Morgan fingerprint density at radius 2 is 2.27 bits per heavy atom. The number of hydrogen-bond donors (Lipinski definition) is 0. The van der Waals surface area contributed by atoms with Crippen LogP contribution in [0.5, 0.6) is 0 Å². The monoisotopic (exact) mass is 155 g/mol. The maximum atomic E-state index is 11.2. The third-order valence-corrected chi connectivity index (χ3v) is 2.42. The van der Waals surface area contributed by atoms with Gasteiger partial charge in [-0.2, -0.15) is 0 Å². The fraction of sp³-hybridized carbons (Fsp3) is 0.889. The van der Waals surface area contributed by atoms with Crippen LogP contribution in [0.1, 0.15) is 39.5 Å². The first-order chi connectivity index (χ1) is 5.29. The fourth-order valence-corrected chi connectivity index (χ4v) is 1.86. The highest BCUT2D eigenvalue weighted by atomic mass is 16.2. The number of hydrogen-bond acceptors (Lipinski definition) is 1. The standard InChI is InChI=1S/C9H17NO/c1-3-5-8-6-7-9(11)10(8)4-2/h8H,3-7H2,1-2H3. The molecule has 0 radical (unpaired) electrons. The molecule has 64 valence electrons. The lowest BCUT2D eigenvalue weighted by Gasteiger charge is -2.22. The summed E-state index contributed by atoms with van der Waals surface area (Å²) >= 11 is 0. The largest absolute Gasteiger partial charge is 0.340 e. The van der Waals surface area contributed by atoms with Gasteiger partial charge in [-0.05, 0) is 19.8 Å². The Bertz CT molecular complexity index is 144. The van der Waals surface area contributed by atoms with Crippen LogP contribution in [0.15, 0.2) is 0 Å². The highest BCUT2D eigenvalue weighted by molar-refractivity contribution is 5.78. The van der Waals surface area contributed by atoms with Crippen molar-refractivity contribution in [3.05, 3.63) is 0 Å². The molecule has 0 aromatic heterocycles. The topological polar surface area (TPSA) is 20.3 Å². The van der Waals surface area contributed by atoms with Gasteiger partial charge in [0, 0.05) is 19.0 Å². The number of rotatable bonds is 3. The second-order valence-electron chi connectivity index (χ2n) is 3.16. The van der Waals surface area contributed by atoms with E-state index in [1.165, 1.54) is 12.8 Å². The highest BCUT2D eigenvalue weighted by Crippen LogP contribution is 2.21. The highest BCUT2D eigenvalue weighted by Gasteiger charge is 2.28. The molecule has 1 aliphatic rings. The number of carbonyl (C=O) groups excluding carboxylic acids is 1. The molecule has 1 amide bonds. The van der Waals surface area contributed by atoms with E-state index in [9.17, 15) is 4.79 Å². The molecule has 0 spiro atoms. The zero-order chi connectivity index (χ0) is 8.27. The molecule has 1 aliphatic heterocycles. The minimum Gasteiger partial charge on any atom is -0.340 e. The summed E-state index contributed by atoms with van der Waals surface area (Å²) in [5.74, 6) is 0.353. The van der Waals surface area contributed by atoms with Crippen molar-refractivity contribution in [2.75, 3.05) is 6.54 Å². The molecular formula is C9H17NO. The van der Waals surface area contributed by atoms with Gasteiger partial charge in [0.1, 0.15) is 0 Å². The van der Waals surface area contributed by atoms with Crippen LogP contribution in [0, 0.1) is 0 Å². The molecule has 2 nitrogen and oxygen atoms in total. The van der Waals surface area contributed by atoms with Crippen molar-refractivity contribution in [2.45, 2.75) is 45.6 Å². The Morgan fingerprint density at radius 3 is 2.82 bits per heavy atom. The van der Waals surface area contributed by atoms with Gasteiger partial charge in [-0.3, -0.25) is 4.79 Å². The summed E-state index contributed by atoms with van der Waals surface area (Å²) in [6.45, 7) is 5.13. The molecule has 2 heteroatoms. The normalized spacial score (nSPS) is 24.7. The van der Waals surface area contributed by atoms with Gasteiger partial charge >= 0.3 is 0 Å². The van der Waals surface area contributed by atoms with E-state index in [1.54, 1.807) is 0 Å². The van der Waals surface area contributed by atoms with E-state index in [4.69, 9.17) is 0 Å². The van der Waals surface area contributed by atoms with Crippen LogP contribution < -0.4 is 0 Å². The molecule has 0 saturated carbocycles. The molecule has 1 heterocycles. The Hall–Kier alpha value is -0.530. The van der Waals surface area contributed by atoms with E-state index in [-0.39, 0.29) is 0 Å². The maximum Gasteiger partial charge on any atom is 0.222 e. The van der Waals surface area contributed by atoms with Gasteiger partial charge in [-0.15, -0.1) is 0 Å². The van der Waals surface area contributed by atoms with E-state index < -0.39 is 0 Å². The third-order valence-electron chi connectivity index (χ3n) is 2.42. The molecule has 0 bridgehead atoms. The van der Waals surface area contributed by atoms with Crippen molar-refractivity contribution >= 4 is 5.91 Å². The van der Waals surface area contributed by atoms with Gasteiger partial charge in [-0.25, -0.2) is 0 Å². The van der Waals surface area contributed by atoms with Gasteiger partial charge in [0.25, 0.3) is 0 Å². The smallest absolute Gasteiger partial charge is 0.222 e. The van der Waals surface area contributed by atoms with E-state index in [0.717, 1.165) is 19.4 Å². The zero-order valence-corrected chi connectivity index (χ0v) is 7.47. The minimum atomic E-state index is 0.353. The summed E-state index contributed by atoms with van der Waals surface area (Å²) < 4.78 is 0. The van der Waals surface area contributed by atoms with Gasteiger partial charge in [-0.1, -0.05) is 13.3 Å². The SMILES string of the molecule is CCCC1CCC(=O)N1CC. The van der Waals surface area contributed by atoms with Crippen molar-refractivity contribution in [2.24, 2.45) is 0 Å². The zero-order valence-electron chi connectivity index (χ0n) is 7.47. The van der Waals surface area contributed by atoms with E-state index in [1.807, 2.05) is 4.90 Å². The quantitative estimate of drug-likeness (QED) is 0.608. The second kappa shape index (κ2) is 3.74. The summed E-state index contributed by atoms with van der Waals surface area (Å²) in [6, 6.07) is 0.553. The summed E-state index contributed by atoms with van der Waals surface area (Å²) in [4.78, 5) is 13.2. The second-order valence-corrected chi connectivity index (χ2v) is 3.16. The Kier molecular flexibility index (Phi) is 2.92. The lowest BCUT2D eigenvalue weighted by Crippen LogP contribution is -2.32. The Morgan fingerprint density at radius 1 is 1.55 bits per heavy atom. The first kappa shape index (κ1) is 8.57. The lowest BCUT2D eigenvalue weighted by molar-refractivity contribution is -0.128. The van der Waals surface area contributed by atoms with Crippen LogP contribution in [-0.2, 0) is 4.79 Å². The number of likely N-dealkylation sites (tertiary alicyclic amines) is 1. The van der Waals surface area contributed by atoms with Crippen molar-refractivity contribution in [1.29, 1.82) is 0 Å². The molecule has 0 aliphatic carbocycles. The molecule has 1 fully saturated rings. The molecule has 1 atom stereocenters. The predicted octanol–water partition coefficient (Wildman–Crippen LogP) is 1.80. The van der Waals surface area contributed by atoms with Crippen LogP contribution in [-0.4, -0.2) is 23.4 Å². The summed E-state index contributed by atoms with van der Waals surface area (Å²) in [5.41, 5.74) is 0. The lowest BCUT2D eigenvalue weighted by atomic mass is 10.1. The first-order valence-corrected chi connectivity index (χ1v) is 4.59. The molecule has 0 aromatic rings. The van der Waals surface area contributed by atoms with E-state index in [2.05, 4.69) is 13.8 Å². The van der Waals surface area contributed by atoms with Crippen molar-refractivity contribution < 1.29 is 4.79 Å². The number of carbonyl (C=O) groups is 1. The predicted molar refractivity (Wildman–Crippen MR) is 45.3 cm³/mol. The first-order valence-electron chi connectivity index (χ1n) is 4.59. The fourth-order valence-electron chi connectivity index (χ4n) is 1.86. The van der Waals surface area contributed by atoms with Crippen LogP contribution in [0.2, 0.25) is 0 Å². The van der Waals surface area contributed by atoms with E-state index >= 15 is 0 Å². The van der Waals surface area contributed by atoms with Crippen LogP contribution >= 0.6 is 0 Å². The molecule has 11 heavy (non-hydrogen) atoms. The minimum absolute atomic E-state index is 0.353. The van der Waals surface area contributed by atoms with Crippen molar-refractivity contribution in [1.82, 2.24) is 4.90 Å². The molecular weight excluding hydrogens is 138 g/mol. The summed E-state index contributed by atoms with van der Waals surface area (Å²) in [7, 11) is 0. The van der Waals surface area contributed by atoms with Crippen molar-refractivity contribution in [3.8, 4) is 0 Å². The van der Waals surface area contributed by atoms with Crippen molar-refractivity contribution in [3.63, 3.8) is 0 Å². The molecule has 1 rings (SSSR count). The van der Waals surface area contributed by atoms with Gasteiger partial charge < -0.3 is 4.90 Å². The Balaban J connectivity index is 2.47. The third kappa shape index (κ3) is 1.73. The van der Waals surface area contributed by atoms with Gasteiger partial charge in [0.05, 0.1) is 0 Å². The van der Waals surface area contributed by atoms with E-state index in [0.29, 0.717) is 11.9 Å². The molecule has 0 aromatic carbocycles. The average Bonchev–Trinajstić information content (AvgIpc) is 2.33. The number of amides is 1. The van der Waals surface area contributed by atoms with Crippen LogP contribution in [0.3, 0.4) is 0 Å². The Labute approximate surface area is 68.6 Å².